The van der Waals surface area contributed by atoms with Crippen molar-refractivity contribution in [2.75, 3.05) is 11.9 Å². The van der Waals surface area contributed by atoms with Gasteiger partial charge in [-0.15, -0.1) is 0 Å². The van der Waals surface area contributed by atoms with Crippen LogP contribution in [0.15, 0.2) is 12.3 Å². The number of nitrogens with one attached hydrogen (secondary N) is 1. The Morgan fingerprint density at radius 2 is 2.20 bits per heavy atom. The van der Waals surface area contributed by atoms with Crippen molar-refractivity contribution in [3.05, 3.63) is 27.9 Å². The molecule has 1 saturated carbocycles. The van der Waals surface area contributed by atoms with Crippen LogP contribution in [0.1, 0.15) is 44.6 Å². The zero-order chi connectivity index (χ0) is 14.6. The number of anilines is 1. The largest absolute Gasteiger partial charge is 0.364 e. The van der Waals surface area contributed by atoms with Gasteiger partial charge in [0, 0.05) is 12.7 Å². The summed E-state index contributed by atoms with van der Waals surface area (Å²) in [6.07, 6.45) is 7.32. The minimum Gasteiger partial charge on any atom is -0.364 e. The van der Waals surface area contributed by atoms with Crippen molar-refractivity contribution in [2.45, 2.75) is 39.0 Å². The summed E-state index contributed by atoms with van der Waals surface area (Å²) >= 11 is 0. The zero-order valence-electron chi connectivity index (χ0n) is 11.6. The molecule has 6 heteroatoms. The molecule has 1 fully saturated rings. The number of hydrogen-bond acceptors (Lipinski definition) is 5. The Morgan fingerprint density at radius 1 is 1.50 bits per heavy atom. The Labute approximate surface area is 118 Å². The fourth-order valence-corrected chi connectivity index (χ4v) is 2.74. The van der Waals surface area contributed by atoms with E-state index in [0.29, 0.717) is 6.54 Å². The quantitative estimate of drug-likeness (QED) is 0.672. The normalized spacial score (nSPS) is 17.2. The molecule has 20 heavy (non-hydrogen) atoms. The molecule has 106 valence electrons. The van der Waals surface area contributed by atoms with Crippen LogP contribution in [0.3, 0.4) is 0 Å². The van der Waals surface area contributed by atoms with Crippen molar-refractivity contribution < 1.29 is 4.92 Å². The summed E-state index contributed by atoms with van der Waals surface area (Å²) in [5.74, 6) is 0.195. The van der Waals surface area contributed by atoms with Crippen molar-refractivity contribution in [1.82, 2.24) is 4.98 Å². The van der Waals surface area contributed by atoms with E-state index in [4.69, 9.17) is 5.26 Å². The molecule has 1 N–H and O–H groups in total. The van der Waals surface area contributed by atoms with E-state index < -0.39 is 4.92 Å². The Hall–Kier alpha value is -2.16. The van der Waals surface area contributed by atoms with E-state index in [9.17, 15) is 10.1 Å². The lowest BCUT2D eigenvalue weighted by atomic mass is 9.76. The first-order chi connectivity index (χ1) is 9.56. The second kappa shape index (κ2) is 5.87. The monoisotopic (exact) mass is 274 g/mol. The lowest BCUT2D eigenvalue weighted by molar-refractivity contribution is -0.384. The van der Waals surface area contributed by atoms with Gasteiger partial charge in [0.25, 0.3) is 0 Å². The molecular weight excluding hydrogens is 256 g/mol. The average Bonchev–Trinajstić information content (AvgIpc) is 2.45. The van der Waals surface area contributed by atoms with E-state index in [1.54, 1.807) is 0 Å². The zero-order valence-corrected chi connectivity index (χ0v) is 11.6. The lowest BCUT2D eigenvalue weighted by Crippen LogP contribution is -2.29. The van der Waals surface area contributed by atoms with E-state index in [-0.39, 0.29) is 22.5 Å². The maximum Gasteiger partial charge on any atom is 0.328 e. The SMILES string of the molecule is CC1(CNc2nccc(C#N)c2[N+](=O)[O-])CCCCC1. The first-order valence-electron chi connectivity index (χ1n) is 6.83. The number of rotatable bonds is 4. The van der Waals surface area contributed by atoms with Gasteiger partial charge < -0.3 is 5.32 Å². The van der Waals surface area contributed by atoms with Crippen LogP contribution in [0.5, 0.6) is 0 Å². The molecule has 2 rings (SSSR count). The summed E-state index contributed by atoms with van der Waals surface area (Å²) in [5, 5.41) is 23.1. The number of pyridine rings is 1. The molecule has 6 nitrogen and oxygen atoms in total. The van der Waals surface area contributed by atoms with Crippen LogP contribution in [0.2, 0.25) is 0 Å². The standard InChI is InChI=1S/C14H18N4O2/c1-14(6-3-2-4-7-14)10-17-13-12(18(19)20)11(9-15)5-8-16-13/h5,8H,2-4,6-7,10H2,1H3,(H,16,17). The van der Waals surface area contributed by atoms with Gasteiger partial charge in [-0.1, -0.05) is 26.2 Å². The average molecular weight is 274 g/mol. The van der Waals surface area contributed by atoms with Crippen LogP contribution in [0, 0.1) is 26.9 Å². The van der Waals surface area contributed by atoms with Crippen molar-refractivity contribution in [3.63, 3.8) is 0 Å². The molecule has 1 aromatic heterocycles. The molecule has 0 spiro atoms. The van der Waals surface area contributed by atoms with Gasteiger partial charge in [0.2, 0.25) is 5.82 Å². The summed E-state index contributed by atoms with van der Waals surface area (Å²) in [6.45, 7) is 2.84. The van der Waals surface area contributed by atoms with Gasteiger partial charge in [0.05, 0.1) is 4.92 Å². The van der Waals surface area contributed by atoms with Crippen LogP contribution >= 0.6 is 0 Å². The number of nitro groups is 1. The molecule has 0 atom stereocenters. The van der Waals surface area contributed by atoms with E-state index in [2.05, 4.69) is 17.2 Å². The van der Waals surface area contributed by atoms with Crippen molar-refractivity contribution in [2.24, 2.45) is 5.41 Å². The molecule has 0 bridgehead atoms. The molecule has 0 aliphatic heterocycles. The number of aromatic nitrogens is 1. The van der Waals surface area contributed by atoms with Gasteiger partial charge in [-0.3, -0.25) is 10.1 Å². The second-order valence-electron chi connectivity index (χ2n) is 5.65. The van der Waals surface area contributed by atoms with Gasteiger partial charge in [0.15, 0.2) is 0 Å². The molecule has 0 saturated heterocycles. The first-order valence-corrected chi connectivity index (χ1v) is 6.83. The Morgan fingerprint density at radius 3 is 2.80 bits per heavy atom. The summed E-state index contributed by atoms with van der Waals surface area (Å²) in [5.41, 5.74) is -0.0353. The highest BCUT2D eigenvalue weighted by Crippen LogP contribution is 2.36. The summed E-state index contributed by atoms with van der Waals surface area (Å²) in [6, 6.07) is 3.21. The molecule has 1 heterocycles. The third-order valence-electron chi connectivity index (χ3n) is 3.97. The highest BCUT2D eigenvalue weighted by molar-refractivity contribution is 5.64. The van der Waals surface area contributed by atoms with Crippen molar-refractivity contribution in [3.8, 4) is 6.07 Å². The maximum atomic E-state index is 11.1. The minimum absolute atomic E-state index is 0.0429. The second-order valence-corrected chi connectivity index (χ2v) is 5.65. The van der Waals surface area contributed by atoms with E-state index in [1.807, 2.05) is 6.07 Å². The minimum atomic E-state index is -0.545. The first kappa shape index (κ1) is 14.3. The van der Waals surface area contributed by atoms with E-state index in [1.165, 1.54) is 31.5 Å². The lowest BCUT2D eigenvalue weighted by Gasteiger charge is -2.33. The molecule has 0 radical (unpaired) electrons. The molecule has 0 amide bonds. The van der Waals surface area contributed by atoms with Crippen molar-refractivity contribution in [1.29, 1.82) is 5.26 Å². The maximum absolute atomic E-state index is 11.1. The van der Waals surface area contributed by atoms with Gasteiger partial charge in [-0.2, -0.15) is 5.26 Å². The van der Waals surface area contributed by atoms with Gasteiger partial charge in [-0.05, 0) is 24.3 Å². The molecule has 1 aromatic rings. The molecule has 1 aliphatic carbocycles. The number of hydrogen-bond donors (Lipinski definition) is 1. The van der Waals surface area contributed by atoms with Crippen LogP contribution < -0.4 is 5.32 Å². The molecular formula is C14H18N4O2. The summed E-state index contributed by atoms with van der Waals surface area (Å²) in [4.78, 5) is 14.6. The van der Waals surface area contributed by atoms with Crippen LogP contribution in [-0.2, 0) is 0 Å². The van der Waals surface area contributed by atoms with Gasteiger partial charge in [-0.25, -0.2) is 4.98 Å². The van der Waals surface area contributed by atoms with Gasteiger partial charge >= 0.3 is 5.69 Å². The van der Waals surface area contributed by atoms with Crippen LogP contribution in [0.4, 0.5) is 11.5 Å². The molecule has 0 unspecified atom stereocenters. The molecule has 1 aliphatic rings. The third kappa shape index (κ3) is 3.05. The predicted molar refractivity (Wildman–Crippen MR) is 75.3 cm³/mol. The fourth-order valence-electron chi connectivity index (χ4n) is 2.74. The van der Waals surface area contributed by atoms with Crippen LogP contribution in [-0.4, -0.2) is 16.5 Å². The Balaban J connectivity index is 2.17. The highest BCUT2D eigenvalue weighted by atomic mass is 16.6. The van der Waals surface area contributed by atoms with E-state index in [0.717, 1.165) is 12.8 Å². The Bertz CT molecular complexity index is 545. The summed E-state index contributed by atoms with van der Waals surface area (Å²) < 4.78 is 0. The smallest absolute Gasteiger partial charge is 0.328 e. The Kier molecular flexibility index (Phi) is 4.18. The predicted octanol–water partition coefficient (Wildman–Crippen LogP) is 3.24. The highest BCUT2D eigenvalue weighted by Gasteiger charge is 2.28. The van der Waals surface area contributed by atoms with Crippen LogP contribution in [0.25, 0.3) is 0 Å². The number of nitrogens with zero attached hydrogens (tertiary/aromatic N) is 3. The van der Waals surface area contributed by atoms with Gasteiger partial charge in [0.1, 0.15) is 11.6 Å². The van der Waals surface area contributed by atoms with E-state index >= 15 is 0 Å². The van der Waals surface area contributed by atoms with Crippen molar-refractivity contribution >= 4 is 11.5 Å². The number of nitriles is 1. The third-order valence-corrected chi connectivity index (χ3v) is 3.97. The topological polar surface area (TPSA) is 91.8 Å². The fraction of sp³-hybridized carbons (Fsp3) is 0.571. The molecule has 0 aromatic carbocycles. The summed E-state index contributed by atoms with van der Waals surface area (Å²) in [7, 11) is 0.